The lowest BCUT2D eigenvalue weighted by atomic mass is 10.1. The van der Waals surface area contributed by atoms with Gasteiger partial charge in [0.15, 0.2) is 5.82 Å². The van der Waals surface area contributed by atoms with Gasteiger partial charge in [0.05, 0.1) is 6.61 Å². The first-order valence-corrected chi connectivity index (χ1v) is 7.43. The minimum absolute atomic E-state index is 0.188. The molecule has 2 aromatic rings. The molecule has 1 aliphatic carbocycles. The number of hydrogen-bond donors (Lipinski definition) is 1. The highest BCUT2D eigenvalue weighted by Crippen LogP contribution is 2.41. The molecular formula is C16H19N5O2. The van der Waals surface area contributed by atoms with Crippen molar-refractivity contribution in [3.63, 3.8) is 0 Å². The molecule has 120 valence electrons. The molecule has 3 rings (SSSR count). The number of H-pyrrole nitrogens is 1. The first-order chi connectivity index (χ1) is 11.1. The van der Waals surface area contributed by atoms with Crippen LogP contribution in [0.15, 0.2) is 33.9 Å². The van der Waals surface area contributed by atoms with E-state index in [1.54, 1.807) is 24.4 Å². The van der Waals surface area contributed by atoms with Crippen molar-refractivity contribution in [3.8, 4) is 0 Å². The number of rotatable bonds is 6. The Morgan fingerprint density at radius 3 is 2.96 bits per heavy atom. The summed E-state index contributed by atoms with van der Waals surface area (Å²) in [6.45, 7) is 3.97. The monoisotopic (exact) mass is 313 g/mol. The number of methoxy groups -OCH3 is 1. The Morgan fingerprint density at radius 2 is 2.30 bits per heavy atom. The predicted molar refractivity (Wildman–Crippen MR) is 89.0 cm³/mol. The standard InChI is InChI=1S/C16H19N5O2/c1-17-21(2)14(10-4-5-10)12(9-23-3)16-18-8-11-6-7-13(22)19-15(11)20-16/h6-8,10H,1,4-5,9H2,2-3H3,(H,18,19,20,22)/b14-12+. The Hall–Kier alpha value is -2.54. The Balaban J connectivity index is 2.17. The lowest BCUT2D eigenvalue weighted by Gasteiger charge is -2.20. The second-order valence-corrected chi connectivity index (χ2v) is 5.56. The van der Waals surface area contributed by atoms with Gasteiger partial charge >= 0.3 is 0 Å². The van der Waals surface area contributed by atoms with Crippen molar-refractivity contribution in [2.75, 3.05) is 20.8 Å². The number of allylic oxidation sites excluding steroid dienone is 1. The fourth-order valence-corrected chi connectivity index (χ4v) is 2.62. The van der Waals surface area contributed by atoms with Crippen LogP contribution in [-0.2, 0) is 4.74 Å². The van der Waals surface area contributed by atoms with Crippen molar-refractivity contribution in [2.24, 2.45) is 11.0 Å². The van der Waals surface area contributed by atoms with Crippen LogP contribution in [-0.4, -0.2) is 47.4 Å². The van der Waals surface area contributed by atoms with E-state index >= 15 is 0 Å². The fourth-order valence-electron chi connectivity index (χ4n) is 2.62. The molecule has 23 heavy (non-hydrogen) atoms. The molecule has 7 heteroatoms. The quantitative estimate of drug-likeness (QED) is 0.647. The van der Waals surface area contributed by atoms with Gasteiger partial charge in [0, 0.05) is 55.7 Å². The number of fused-ring (bicyclic) bond motifs is 1. The number of aromatic amines is 1. The van der Waals surface area contributed by atoms with Crippen molar-refractivity contribution in [2.45, 2.75) is 12.8 Å². The summed E-state index contributed by atoms with van der Waals surface area (Å²) in [5.41, 5.74) is 2.23. The van der Waals surface area contributed by atoms with E-state index in [-0.39, 0.29) is 5.56 Å². The molecule has 2 heterocycles. The first-order valence-electron chi connectivity index (χ1n) is 7.43. The van der Waals surface area contributed by atoms with Crippen molar-refractivity contribution >= 4 is 23.3 Å². The Kier molecular flexibility index (Phi) is 4.20. The van der Waals surface area contributed by atoms with Gasteiger partial charge in [-0.25, -0.2) is 9.97 Å². The van der Waals surface area contributed by atoms with Gasteiger partial charge < -0.3 is 9.72 Å². The number of ether oxygens (including phenoxy) is 1. The normalized spacial score (nSPS) is 15.4. The molecule has 0 unspecified atom stereocenters. The van der Waals surface area contributed by atoms with Crippen LogP contribution in [0.4, 0.5) is 0 Å². The third-order valence-electron chi connectivity index (χ3n) is 3.87. The summed E-state index contributed by atoms with van der Waals surface area (Å²) in [6.07, 6.45) is 3.91. The largest absolute Gasteiger partial charge is 0.380 e. The average Bonchev–Trinajstić information content (AvgIpc) is 3.38. The van der Waals surface area contributed by atoms with Crippen LogP contribution in [0, 0.1) is 5.92 Å². The highest BCUT2D eigenvalue weighted by Gasteiger charge is 2.32. The third-order valence-corrected chi connectivity index (χ3v) is 3.87. The summed E-state index contributed by atoms with van der Waals surface area (Å²) in [7, 11) is 3.49. The Bertz CT molecular complexity index is 823. The van der Waals surface area contributed by atoms with Gasteiger partial charge in [0.25, 0.3) is 0 Å². The second-order valence-electron chi connectivity index (χ2n) is 5.56. The third kappa shape index (κ3) is 3.14. The topological polar surface area (TPSA) is 83.5 Å². The molecule has 0 bridgehead atoms. The molecule has 0 spiro atoms. The molecule has 0 amide bonds. The zero-order valence-corrected chi connectivity index (χ0v) is 13.2. The number of aromatic nitrogens is 3. The van der Waals surface area contributed by atoms with E-state index in [1.807, 2.05) is 7.05 Å². The SMILES string of the molecule is C=NN(C)/C(=C(\COC)c1ncc2ccc(=O)[nH]c2n1)C1CC1. The smallest absolute Gasteiger partial charge is 0.249 e. The van der Waals surface area contributed by atoms with Crippen molar-refractivity contribution in [3.05, 3.63) is 40.2 Å². The first kappa shape index (κ1) is 15.4. The van der Waals surface area contributed by atoms with Crippen LogP contribution in [0.3, 0.4) is 0 Å². The molecule has 0 atom stereocenters. The second kappa shape index (κ2) is 6.29. The van der Waals surface area contributed by atoms with Crippen molar-refractivity contribution in [1.29, 1.82) is 0 Å². The number of pyridine rings is 1. The fraction of sp³-hybridized carbons (Fsp3) is 0.375. The molecule has 2 aromatic heterocycles. The highest BCUT2D eigenvalue weighted by molar-refractivity contribution is 5.76. The number of nitrogens with one attached hydrogen (secondary N) is 1. The van der Waals surface area contributed by atoms with Gasteiger partial charge in [-0.1, -0.05) is 0 Å². The van der Waals surface area contributed by atoms with Crippen molar-refractivity contribution < 1.29 is 4.74 Å². The van der Waals surface area contributed by atoms with E-state index in [1.165, 1.54) is 6.07 Å². The zero-order valence-electron chi connectivity index (χ0n) is 13.2. The molecular weight excluding hydrogens is 294 g/mol. The molecule has 1 aliphatic rings. The Labute approximate surface area is 133 Å². The summed E-state index contributed by atoms with van der Waals surface area (Å²) in [4.78, 5) is 23.2. The maximum atomic E-state index is 11.5. The molecule has 0 aliphatic heterocycles. The van der Waals surface area contributed by atoms with E-state index in [0.717, 1.165) is 29.5 Å². The van der Waals surface area contributed by atoms with Gasteiger partial charge in [-0.05, 0) is 18.9 Å². The number of hydrazone groups is 1. The van der Waals surface area contributed by atoms with Crippen molar-refractivity contribution in [1.82, 2.24) is 20.0 Å². The maximum absolute atomic E-state index is 11.5. The summed E-state index contributed by atoms with van der Waals surface area (Å²) in [5.74, 6) is 0.961. The minimum atomic E-state index is -0.188. The van der Waals surface area contributed by atoms with Gasteiger partial charge in [0.2, 0.25) is 5.56 Å². The Morgan fingerprint density at radius 1 is 1.52 bits per heavy atom. The van der Waals surface area contributed by atoms with E-state index in [2.05, 4.69) is 26.8 Å². The van der Waals surface area contributed by atoms with Crippen LogP contribution in [0.2, 0.25) is 0 Å². The molecule has 1 saturated carbocycles. The summed E-state index contributed by atoms with van der Waals surface area (Å²) in [5, 5.41) is 6.55. The summed E-state index contributed by atoms with van der Waals surface area (Å²) >= 11 is 0. The number of hydrogen-bond acceptors (Lipinski definition) is 6. The van der Waals surface area contributed by atoms with Gasteiger partial charge in [-0.3, -0.25) is 9.80 Å². The van der Waals surface area contributed by atoms with Crippen LogP contribution < -0.4 is 5.56 Å². The lowest BCUT2D eigenvalue weighted by Crippen LogP contribution is -2.17. The van der Waals surface area contributed by atoms with Crippen LogP contribution in [0.5, 0.6) is 0 Å². The zero-order chi connectivity index (χ0) is 16.4. The van der Waals surface area contributed by atoms with E-state index in [4.69, 9.17) is 4.74 Å². The minimum Gasteiger partial charge on any atom is -0.380 e. The molecule has 7 nitrogen and oxygen atoms in total. The molecule has 0 aromatic carbocycles. The van der Waals surface area contributed by atoms with E-state index in [0.29, 0.717) is 24.0 Å². The highest BCUT2D eigenvalue weighted by atomic mass is 16.5. The van der Waals surface area contributed by atoms with Crippen LogP contribution in [0.1, 0.15) is 18.7 Å². The molecule has 1 N–H and O–H groups in total. The molecule has 1 fully saturated rings. The predicted octanol–water partition coefficient (Wildman–Crippen LogP) is 1.63. The average molecular weight is 313 g/mol. The molecule has 0 radical (unpaired) electrons. The van der Waals surface area contributed by atoms with Gasteiger partial charge in [0.1, 0.15) is 5.65 Å². The summed E-state index contributed by atoms with van der Waals surface area (Å²) in [6, 6.07) is 3.17. The van der Waals surface area contributed by atoms with E-state index < -0.39 is 0 Å². The molecule has 0 saturated heterocycles. The van der Waals surface area contributed by atoms with Gasteiger partial charge in [-0.2, -0.15) is 5.10 Å². The number of nitrogens with zero attached hydrogens (tertiary/aromatic N) is 4. The maximum Gasteiger partial charge on any atom is 0.249 e. The van der Waals surface area contributed by atoms with Crippen LogP contribution in [0.25, 0.3) is 16.6 Å². The van der Waals surface area contributed by atoms with E-state index in [9.17, 15) is 4.79 Å². The van der Waals surface area contributed by atoms with Crippen LogP contribution >= 0.6 is 0 Å². The summed E-state index contributed by atoms with van der Waals surface area (Å²) < 4.78 is 5.35. The van der Waals surface area contributed by atoms with Gasteiger partial charge in [-0.15, -0.1) is 0 Å². The lowest BCUT2D eigenvalue weighted by molar-refractivity contribution is 0.236.